The van der Waals surface area contributed by atoms with Crippen molar-refractivity contribution in [2.24, 2.45) is 0 Å². The van der Waals surface area contributed by atoms with Crippen molar-refractivity contribution in [1.29, 1.82) is 0 Å². The third kappa shape index (κ3) is 6.77. The van der Waals surface area contributed by atoms with Gasteiger partial charge in [-0.2, -0.15) is 4.98 Å². The van der Waals surface area contributed by atoms with E-state index in [9.17, 15) is 9.50 Å². The molecule has 0 saturated carbocycles. The Hall–Kier alpha value is -2.97. The molecule has 1 atom stereocenters. The van der Waals surface area contributed by atoms with Gasteiger partial charge in [0, 0.05) is 17.8 Å². The van der Waals surface area contributed by atoms with Gasteiger partial charge in [-0.05, 0) is 65.0 Å². The van der Waals surface area contributed by atoms with E-state index in [1.54, 1.807) is 16.8 Å². The number of hydrogen-bond donors (Lipinski definition) is 2. The largest absolute Gasteiger partial charge is 0.460 e. The van der Waals surface area contributed by atoms with E-state index in [1.165, 1.54) is 12.1 Å². The first-order valence-electron chi connectivity index (χ1n) is 10.7. The highest BCUT2D eigenvalue weighted by molar-refractivity contribution is 5.60. The zero-order chi connectivity index (χ0) is 23.3. The minimum atomic E-state index is -0.654. The molecule has 7 nitrogen and oxygen atoms in total. The summed E-state index contributed by atoms with van der Waals surface area (Å²) < 4.78 is 26.8. The Morgan fingerprint density at radius 1 is 1.12 bits per heavy atom. The lowest BCUT2D eigenvalue weighted by Crippen LogP contribution is -2.30. The van der Waals surface area contributed by atoms with Gasteiger partial charge in [0.1, 0.15) is 5.82 Å². The topological polar surface area (TPSA) is 81.4 Å². The van der Waals surface area contributed by atoms with Crippen LogP contribution in [0.15, 0.2) is 48.5 Å². The van der Waals surface area contributed by atoms with Gasteiger partial charge in [-0.15, -0.1) is 5.10 Å². The lowest BCUT2D eigenvalue weighted by Gasteiger charge is -2.22. The van der Waals surface area contributed by atoms with Gasteiger partial charge in [0.15, 0.2) is 5.82 Å². The summed E-state index contributed by atoms with van der Waals surface area (Å²) in [5.41, 5.74) is 1.80. The van der Waals surface area contributed by atoms with Crippen LogP contribution >= 0.6 is 0 Å². The minimum Gasteiger partial charge on any atom is -0.460 e. The lowest BCUT2D eigenvalue weighted by molar-refractivity contribution is -0.0449. The Balaban J connectivity index is 1.83. The number of anilines is 1. The summed E-state index contributed by atoms with van der Waals surface area (Å²) in [5, 5.41) is 17.9. The van der Waals surface area contributed by atoms with Crippen molar-refractivity contribution in [3.63, 3.8) is 0 Å². The Bertz CT molecular complexity index is 1030. The first-order valence-corrected chi connectivity index (χ1v) is 10.7. The molecule has 2 aromatic carbocycles. The average molecular weight is 443 g/mol. The SMILES string of the molecule is CC(C)Oc1nc(-c2cccc(F)c2)n(-c2cccc(NCC(O)COC(C)(C)C)c2)n1. The predicted molar refractivity (Wildman–Crippen MR) is 123 cm³/mol. The van der Waals surface area contributed by atoms with Crippen LogP contribution in [0, 0.1) is 5.82 Å². The second-order valence-electron chi connectivity index (χ2n) is 8.82. The van der Waals surface area contributed by atoms with Crippen LogP contribution in [0.5, 0.6) is 6.01 Å². The van der Waals surface area contributed by atoms with Gasteiger partial charge in [0.25, 0.3) is 0 Å². The summed E-state index contributed by atoms with van der Waals surface area (Å²) in [6.07, 6.45) is -0.755. The van der Waals surface area contributed by atoms with E-state index in [-0.39, 0.29) is 30.1 Å². The smallest absolute Gasteiger partial charge is 0.336 e. The van der Waals surface area contributed by atoms with Crippen LogP contribution in [0.2, 0.25) is 0 Å². The number of hydrogen-bond acceptors (Lipinski definition) is 6. The molecule has 32 heavy (non-hydrogen) atoms. The maximum absolute atomic E-state index is 13.8. The fourth-order valence-corrected chi connectivity index (χ4v) is 2.94. The summed E-state index contributed by atoms with van der Waals surface area (Å²) in [4.78, 5) is 4.48. The maximum Gasteiger partial charge on any atom is 0.336 e. The molecule has 0 radical (unpaired) electrons. The van der Waals surface area contributed by atoms with E-state index in [2.05, 4.69) is 15.4 Å². The molecular formula is C24H31FN4O3. The Labute approximate surface area is 188 Å². The van der Waals surface area contributed by atoms with Crippen molar-refractivity contribution < 1.29 is 19.0 Å². The normalized spacial score (nSPS) is 12.8. The molecule has 8 heteroatoms. The van der Waals surface area contributed by atoms with Gasteiger partial charge in [0.2, 0.25) is 0 Å². The van der Waals surface area contributed by atoms with Crippen LogP contribution in [-0.2, 0) is 4.74 Å². The fraction of sp³-hybridized carbons (Fsp3) is 0.417. The molecule has 172 valence electrons. The molecule has 3 aromatic rings. The molecule has 1 unspecified atom stereocenters. The molecule has 0 spiro atoms. The fourth-order valence-electron chi connectivity index (χ4n) is 2.94. The van der Waals surface area contributed by atoms with Crippen LogP contribution in [0.1, 0.15) is 34.6 Å². The van der Waals surface area contributed by atoms with Gasteiger partial charge in [-0.1, -0.05) is 18.2 Å². The Kier molecular flexibility index (Phi) is 7.48. The van der Waals surface area contributed by atoms with Crippen molar-refractivity contribution >= 4 is 5.69 Å². The zero-order valence-electron chi connectivity index (χ0n) is 19.2. The number of aliphatic hydroxyl groups is 1. The van der Waals surface area contributed by atoms with Crippen molar-refractivity contribution in [3.8, 4) is 23.1 Å². The number of nitrogens with zero attached hydrogens (tertiary/aromatic N) is 3. The quantitative estimate of drug-likeness (QED) is 0.510. The minimum absolute atomic E-state index is 0.101. The van der Waals surface area contributed by atoms with Gasteiger partial charge in [-0.25, -0.2) is 9.07 Å². The number of rotatable bonds is 9. The van der Waals surface area contributed by atoms with E-state index in [0.717, 1.165) is 11.4 Å². The predicted octanol–water partition coefficient (Wildman–Crippen LogP) is 4.45. The van der Waals surface area contributed by atoms with E-state index in [4.69, 9.17) is 9.47 Å². The number of aromatic nitrogens is 3. The van der Waals surface area contributed by atoms with Crippen molar-refractivity contribution in [1.82, 2.24) is 14.8 Å². The van der Waals surface area contributed by atoms with Crippen LogP contribution in [0.3, 0.4) is 0 Å². The number of benzene rings is 2. The van der Waals surface area contributed by atoms with E-state index >= 15 is 0 Å². The number of ether oxygens (including phenoxy) is 2. The first kappa shape index (κ1) is 23.7. The molecule has 1 heterocycles. The number of aliphatic hydroxyl groups excluding tert-OH is 1. The standard InChI is InChI=1S/C24H31FN4O3/c1-16(2)32-23-27-22(17-8-6-9-18(25)12-17)29(28-23)20-11-7-10-19(13-20)26-14-21(30)15-31-24(3,4)5/h6-13,16,21,26,30H,14-15H2,1-5H3. The second kappa shape index (κ2) is 10.1. The molecular weight excluding hydrogens is 411 g/mol. The lowest BCUT2D eigenvalue weighted by atomic mass is 10.2. The van der Waals surface area contributed by atoms with Crippen LogP contribution in [0.4, 0.5) is 10.1 Å². The highest BCUT2D eigenvalue weighted by Crippen LogP contribution is 2.26. The summed E-state index contributed by atoms with van der Waals surface area (Å²) in [7, 11) is 0. The molecule has 0 saturated heterocycles. The molecule has 1 aromatic heterocycles. The summed E-state index contributed by atoms with van der Waals surface area (Å²) in [6.45, 7) is 10.2. The third-order valence-electron chi connectivity index (χ3n) is 4.35. The molecule has 0 aliphatic carbocycles. The van der Waals surface area contributed by atoms with E-state index in [0.29, 0.717) is 17.9 Å². The van der Waals surface area contributed by atoms with Crippen LogP contribution in [-0.4, -0.2) is 50.8 Å². The number of nitrogens with one attached hydrogen (secondary N) is 1. The molecule has 0 bridgehead atoms. The summed E-state index contributed by atoms with van der Waals surface area (Å²) in [6, 6.07) is 13.9. The highest BCUT2D eigenvalue weighted by Gasteiger charge is 2.17. The van der Waals surface area contributed by atoms with Crippen LogP contribution < -0.4 is 10.1 Å². The van der Waals surface area contributed by atoms with E-state index in [1.807, 2.05) is 58.9 Å². The highest BCUT2D eigenvalue weighted by atomic mass is 19.1. The van der Waals surface area contributed by atoms with E-state index < -0.39 is 6.10 Å². The van der Waals surface area contributed by atoms with Gasteiger partial charge in [0.05, 0.1) is 30.1 Å². The molecule has 0 aliphatic rings. The van der Waals surface area contributed by atoms with Gasteiger partial charge >= 0.3 is 6.01 Å². The molecule has 3 rings (SSSR count). The third-order valence-corrected chi connectivity index (χ3v) is 4.35. The van der Waals surface area contributed by atoms with Gasteiger partial charge < -0.3 is 19.9 Å². The average Bonchev–Trinajstić information content (AvgIpc) is 3.13. The van der Waals surface area contributed by atoms with Crippen molar-refractivity contribution in [2.75, 3.05) is 18.5 Å². The summed E-state index contributed by atoms with van der Waals surface area (Å²) >= 11 is 0. The summed E-state index contributed by atoms with van der Waals surface area (Å²) in [5.74, 6) is 0.112. The molecule has 0 amide bonds. The maximum atomic E-state index is 13.8. The molecule has 2 N–H and O–H groups in total. The van der Waals surface area contributed by atoms with Gasteiger partial charge in [-0.3, -0.25) is 0 Å². The van der Waals surface area contributed by atoms with Crippen LogP contribution in [0.25, 0.3) is 17.1 Å². The second-order valence-corrected chi connectivity index (χ2v) is 8.82. The van der Waals surface area contributed by atoms with Crippen molar-refractivity contribution in [2.45, 2.75) is 52.4 Å². The monoisotopic (exact) mass is 442 g/mol. The zero-order valence-corrected chi connectivity index (χ0v) is 19.2. The molecule has 0 fully saturated rings. The van der Waals surface area contributed by atoms with Crippen molar-refractivity contribution in [3.05, 3.63) is 54.3 Å². The number of halogens is 1. The molecule has 0 aliphatic heterocycles. The Morgan fingerprint density at radius 2 is 1.88 bits per heavy atom. The Morgan fingerprint density at radius 3 is 2.56 bits per heavy atom. The first-order chi connectivity index (χ1) is 15.1.